The first-order valence-electron chi connectivity index (χ1n) is 11.5. The number of ketones is 1. The fourth-order valence-electron chi connectivity index (χ4n) is 5.24. The van der Waals surface area contributed by atoms with E-state index in [1.807, 2.05) is 0 Å². The van der Waals surface area contributed by atoms with Crippen LogP contribution in [0.3, 0.4) is 0 Å². The normalized spacial score (nSPS) is 20.7. The van der Waals surface area contributed by atoms with Gasteiger partial charge in [-0.15, -0.1) is 0 Å². The van der Waals surface area contributed by atoms with Crippen LogP contribution in [0.15, 0.2) is 29.2 Å². The average Bonchev–Trinajstić information content (AvgIpc) is 3.48. The maximum absolute atomic E-state index is 12.8. The molecule has 3 heterocycles. The van der Waals surface area contributed by atoms with Crippen LogP contribution in [0.2, 0.25) is 0 Å². The third-order valence-corrected chi connectivity index (χ3v) is 6.96. The molecule has 1 N–H and O–H groups in total. The third-order valence-electron chi connectivity index (χ3n) is 6.96. The van der Waals surface area contributed by atoms with Gasteiger partial charge in [-0.3, -0.25) is 19.3 Å². The fourth-order valence-corrected chi connectivity index (χ4v) is 5.24. The molecule has 5 rings (SSSR count). The van der Waals surface area contributed by atoms with E-state index in [-0.39, 0.29) is 28.4 Å². The quantitative estimate of drug-likeness (QED) is 0.571. The summed E-state index contributed by atoms with van der Waals surface area (Å²) in [4.78, 5) is 24.9. The van der Waals surface area contributed by atoms with Gasteiger partial charge in [0.25, 0.3) is 0 Å². The predicted molar refractivity (Wildman–Crippen MR) is 126 cm³/mol. The molecule has 3 aliphatic rings. The van der Waals surface area contributed by atoms with E-state index >= 15 is 0 Å². The number of carbonyl (C=O) groups excluding carboxylic acids is 1. The Kier molecular flexibility index (Phi) is 4.49. The lowest BCUT2D eigenvalue weighted by Gasteiger charge is -2.44. The lowest BCUT2D eigenvalue weighted by molar-refractivity contribution is 0.101. The van der Waals surface area contributed by atoms with Gasteiger partial charge in [-0.25, -0.2) is 0 Å². The topological polar surface area (TPSA) is 62.5 Å². The minimum atomic E-state index is -1.05. The Morgan fingerprint density at radius 2 is 1.88 bits per heavy atom. The Hall–Kier alpha value is -2.84. The first kappa shape index (κ1) is 21.0. The molecule has 1 aliphatic carbocycles. The molecule has 1 atom stereocenters. The zero-order valence-corrected chi connectivity index (χ0v) is 19.5. The Morgan fingerprint density at radius 3 is 2.50 bits per heavy atom. The fraction of sp³-hybridized carbons (Fsp3) is 0.481. The number of hydrogen-bond acceptors (Lipinski definition) is 4. The van der Waals surface area contributed by atoms with Gasteiger partial charge in [0, 0.05) is 23.4 Å². The van der Waals surface area contributed by atoms with Crippen LogP contribution in [-0.2, 0) is 0 Å². The van der Waals surface area contributed by atoms with E-state index in [4.69, 9.17) is 0 Å². The van der Waals surface area contributed by atoms with Gasteiger partial charge >= 0.3 is 0 Å². The van der Waals surface area contributed by atoms with E-state index in [1.54, 1.807) is 26.1 Å². The van der Waals surface area contributed by atoms with Crippen molar-refractivity contribution in [2.75, 3.05) is 5.01 Å². The monoisotopic (exact) mass is 430 g/mol. The number of Topliss-reactive ketones (excluding diaryl/α,β-unsaturated/α-hetero) is 1. The van der Waals surface area contributed by atoms with Crippen LogP contribution in [0.4, 0.5) is 0 Å². The smallest absolute Gasteiger partial charge is 0.193 e. The van der Waals surface area contributed by atoms with Crippen LogP contribution in [0.25, 0.3) is 11.3 Å². The van der Waals surface area contributed by atoms with E-state index in [2.05, 4.69) is 47.5 Å². The molecule has 0 bridgehead atoms. The second-order valence-corrected chi connectivity index (χ2v) is 10.7. The Balaban J connectivity index is 1.79. The Bertz CT molecular complexity index is 1260. The van der Waals surface area contributed by atoms with Crippen molar-refractivity contribution in [3.63, 3.8) is 0 Å². The second-order valence-electron chi connectivity index (χ2n) is 10.7. The summed E-state index contributed by atoms with van der Waals surface area (Å²) in [5.41, 5.74) is 4.08. The summed E-state index contributed by atoms with van der Waals surface area (Å²) in [6.07, 6.45) is 6.00. The second kappa shape index (κ2) is 6.83. The van der Waals surface area contributed by atoms with Gasteiger partial charge in [0.05, 0.1) is 22.8 Å². The number of aromatic nitrogens is 1. The molecular weight excluding hydrogens is 400 g/mol. The third kappa shape index (κ3) is 3.38. The van der Waals surface area contributed by atoms with Gasteiger partial charge in [-0.2, -0.15) is 0 Å². The van der Waals surface area contributed by atoms with Crippen molar-refractivity contribution in [3.05, 3.63) is 56.9 Å². The molecule has 2 aliphatic heterocycles. The summed E-state index contributed by atoms with van der Waals surface area (Å²) in [5.74, 6) is 6.51. The Labute approximate surface area is 189 Å². The van der Waals surface area contributed by atoms with Gasteiger partial charge in [-0.1, -0.05) is 11.8 Å². The standard InChI is InChI=1S/C27H30N2O3/c1-16(30)22-15-28-24(14-25(22)31)21-13-19(17-6-7-17)18(8-11-27(4,5)32)12-20(21)23-9-10-26(2,3)29(23)28/h12-15,17,23,32H,6-7,9-10H2,1-5H3/t23-/m1/s1. The van der Waals surface area contributed by atoms with Crippen molar-refractivity contribution in [2.45, 2.75) is 83.4 Å². The van der Waals surface area contributed by atoms with Gasteiger partial charge < -0.3 is 5.11 Å². The lowest BCUT2D eigenvalue weighted by Crippen LogP contribution is -2.50. The number of hydrogen-bond donors (Lipinski definition) is 1. The number of fused-ring (bicyclic) bond motifs is 6. The highest BCUT2D eigenvalue weighted by Crippen LogP contribution is 2.50. The minimum Gasteiger partial charge on any atom is -0.378 e. The number of pyridine rings is 1. The summed E-state index contributed by atoms with van der Waals surface area (Å²) in [7, 11) is 0. The van der Waals surface area contributed by atoms with Crippen LogP contribution in [0.5, 0.6) is 0 Å². The van der Waals surface area contributed by atoms with E-state index < -0.39 is 5.60 Å². The molecule has 5 nitrogen and oxygen atoms in total. The number of nitrogens with zero attached hydrogens (tertiary/aromatic N) is 2. The van der Waals surface area contributed by atoms with E-state index in [9.17, 15) is 14.7 Å². The summed E-state index contributed by atoms with van der Waals surface area (Å²) in [6.45, 7) is 9.27. The molecule has 0 amide bonds. The van der Waals surface area contributed by atoms with Crippen LogP contribution in [0.1, 0.15) is 99.3 Å². The molecule has 1 saturated heterocycles. The summed E-state index contributed by atoms with van der Waals surface area (Å²) in [5, 5.41) is 12.5. The molecule has 1 saturated carbocycles. The molecule has 0 radical (unpaired) electrons. The number of carbonyl (C=O) groups is 1. The van der Waals surface area contributed by atoms with E-state index in [0.29, 0.717) is 5.92 Å². The number of benzene rings is 1. The minimum absolute atomic E-state index is 0.117. The van der Waals surface area contributed by atoms with Crippen LogP contribution in [-0.4, -0.2) is 26.7 Å². The van der Waals surface area contributed by atoms with Crippen molar-refractivity contribution in [2.24, 2.45) is 0 Å². The summed E-state index contributed by atoms with van der Waals surface area (Å²) < 4.78 is 2.05. The largest absolute Gasteiger partial charge is 0.378 e. The highest BCUT2D eigenvalue weighted by molar-refractivity contribution is 5.94. The molecular formula is C27H30N2O3. The van der Waals surface area contributed by atoms with Gasteiger partial charge in [-0.05, 0) is 89.5 Å². The van der Waals surface area contributed by atoms with Gasteiger partial charge in [0.15, 0.2) is 11.2 Å². The van der Waals surface area contributed by atoms with Crippen LogP contribution >= 0.6 is 0 Å². The van der Waals surface area contributed by atoms with E-state index in [1.165, 1.54) is 18.1 Å². The number of rotatable bonds is 2. The molecule has 2 aromatic rings. The predicted octanol–water partition coefficient (Wildman–Crippen LogP) is 4.28. The highest BCUT2D eigenvalue weighted by Gasteiger charge is 2.45. The molecule has 32 heavy (non-hydrogen) atoms. The Morgan fingerprint density at radius 1 is 1.16 bits per heavy atom. The summed E-state index contributed by atoms with van der Waals surface area (Å²) in [6, 6.07) is 6.17. The lowest BCUT2D eigenvalue weighted by atomic mass is 9.88. The molecule has 0 spiro atoms. The molecule has 0 unspecified atom stereocenters. The zero-order valence-electron chi connectivity index (χ0n) is 19.5. The molecule has 2 fully saturated rings. The van der Waals surface area contributed by atoms with Crippen LogP contribution in [0, 0.1) is 11.8 Å². The number of aliphatic hydroxyl groups is 1. The van der Waals surface area contributed by atoms with E-state index in [0.717, 1.165) is 42.5 Å². The molecule has 1 aromatic carbocycles. The molecule has 5 heteroatoms. The van der Waals surface area contributed by atoms with Crippen molar-refractivity contribution in [1.82, 2.24) is 4.68 Å². The molecule has 166 valence electrons. The average molecular weight is 431 g/mol. The van der Waals surface area contributed by atoms with Crippen molar-refractivity contribution >= 4 is 5.78 Å². The van der Waals surface area contributed by atoms with Gasteiger partial charge in [0.1, 0.15) is 5.60 Å². The highest BCUT2D eigenvalue weighted by atomic mass is 16.3. The van der Waals surface area contributed by atoms with Crippen molar-refractivity contribution in [3.8, 4) is 23.1 Å². The first-order chi connectivity index (χ1) is 15.0. The van der Waals surface area contributed by atoms with Crippen molar-refractivity contribution in [1.29, 1.82) is 0 Å². The first-order valence-corrected chi connectivity index (χ1v) is 11.5. The molecule has 1 aromatic heterocycles. The zero-order chi connectivity index (χ0) is 23.0. The summed E-state index contributed by atoms with van der Waals surface area (Å²) >= 11 is 0. The SMILES string of the molecule is CC(=O)c1cn2c(cc1=O)-c1cc(C3CC3)c(C#CC(C)(C)O)cc1[C@H]1CCC(C)(C)N12. The van der Waals surface area contributed by atoms with Gasteiger partial charge in [0.2, 0.25) is 0 Å². The maximum atomic E-state index is 12.8. The maximum Gasteiger partial charge on any atom is 0.193 e. The van der Waals surface area contributed by atoms with Crippen LogP contribution < -0.4 is 10.4 Å². The van der Waals surface area contributed by atoms with Crippen molar-refractivity contribution < 1.29 is 9.90 Å².